The first-order chi connectivity index (χ1) is 13.4. The van der Waals surface area contributed by atoms with Gasteiger partial charge in [-0.3, -0.25) is 9.59 Å². The molecule has 0 radical (unpaired) electrons. The largest absolute Gasteiger partial charge is 0.354 e. The predicted molar refractivity (Wildman–Crippen MR) is 109 cm³/mol. The van der Waals surface area contributed by atoms with E-state index in [9.17, 15) is 14.0 Å². The van der Waals surface area contributed by atoms with Gasteiger partial charge >= 0.3 is 0 Å². The molecule has 1 N–H and O–H groups in total. The van der Waals surface area contributed by atoms with Crippen molar-refractivity contribution in [3.8, 4) is 0 Å². The molecular weight excluding hydrogens is 355 g/mol. The van der Waals surface area contributed by atoms with Crippen LogP contribution in [0.2, 0.25) is 0 Å². The number of amides is 1. The minimum atomic E-state index is -0.343. The fourth-order valence-electron chi connectivity index (χ4n) is 4.70. The van der Waals surface area contributed by atoms with Crippen molar-refractivity contribution in [3.63, 3.8) is 0 Å². The number of carbonyl (C=O) groups is 2. The smallest absolute Gasteiger partial charge is 0.217 e. The van der Waals surface area contributed by atoms with Gasteiger partial charge in [0, 0.05) is 23.9 Å². The van der Waals surface area contributed by atoms with Gasteiger partial charge in [0.05, 0.1) is 0 Å². The van der Waals surface area contributed by atoms with Gasteiger partial charge in [-0.25, -0.2) is 4.39 Å². The van der Waals surface area contributed by atoms with Crippen molar-refractivity contribution >= 4 is 11.7 Å². The molecule has 0 atom stereocenters. The van der Waals surface area contributed by atoms with E-state index in [0.29, 0.717) is 11.6 Å². The summed E-state index contributed by atoms with van der Waals surface area (Å²) in [6.45, 7) is 6.64. The summed E-state index contributed by atoms with van der Waals surface area (Å²) in [5, 5.41) is 3.04. The Morgan fingerprint density at radius 3 is 2.29 bits per heavy atom. The van der Waals surface area contributed by atoms with Crippen LogP contribution in [0.15, 0.2) is 24.3 Å². The number of ketones is 1. The third kappa shape index (κ3) is 5.40. The molecule has 1 saturated carbocycles. The third-order valence-corrected chi connectivity index (χ3v) is 6.72. The monoisotopic (exact) mass is 388 g/mol. The minimum absolute atomic E-state index is 0.0787. The summed E-state index contributed by atoms with van der Waals surface area (Å²) in [7, 11) is 0. The zero-order valence-electron chi connectivity index (χ0n) is 17.2. The number of nitrogens with one attached hydrogen (secondary N) is 1. The van der Waals surface area contributed by atoms with E-state index in [0.717, 1.165) is 51.2 Å². The Balaban J connectivity index is 1.41. The molecule has 1 amide bonds. The molecule has 154 valence electrons. The first-order valence-corrected chi connectivity index (χ1v) is 10.7. The van der Waals surface area contributed by atoms with Gasteiger partial charge in [-0.2, -0.15) is 0 Å². The zero-order valence-corrected chi connectivity index (χ0v) is 17.2. The lowest BCUT2D eigenvalue weighted by Crippen LogP contribution is -2.43. The van der Waals surface area contributed by atoms with Gasteiger partial charge < -0.3 is 10.2 Å². The summed E-state index contributed by atoms with van der Waals surface area (Å²) in [6, 6.07) is 6.31. The Hall–Kier alpha value is -1.75. The van der Waals surface area contributed by atoms with Crippen molar-refractivity contribution in [1.82, 2.24) is 10.2 Å². The van der Waals surface area contributed by atoms with Gasteiger partial charge in [-0.05, 0) is 94.8 Å². The molecule has 28 heavy (non-hydrogen) atoms. The summed E-state index contributed by atoms with van der Waals surface area (Å²) in [5.41, 5.74) is 0.276. The Labute approximate surface area is 167 Å². The predicted octanol–water partition coefficient (Wildman–Crippen LogP) is 4.20. The molecule has 3 rings (SSSR count). The Morgan fingerprint density at radius 1 is 1.11 bits per heavy atom. The van der Waals surface area contributed by atoms with Gasteiger partial charge in [-0.1, -0.05) is 6.92 Å². The maximum Gasteiger partial charge on any atom is 0.217 e. The van der Waals surface area contributed by atoms with E-state index in [1.807, 2.05) is 0 Å². The van der Waals surface area contributed by atoms with Gasteiger partial charge in [0.2, 0.25) is 5.91 Å². The van der Waals surface area contributed by atoms with E-state index in [2.05, 4.69) is 17.1 Å². The molecule has 1 aromatic rings. The number of hydrogen-bond donors (Lipinski definition) is 1. The molecular formula is C23H33FN2O2. The lowest BCUT2D eigenvalue weighted by molar-refractivity contribution is -0.119. The molecule has 0 unspecified atom stereocenters. The van der Waals surface area contributed by atoms with Crippen LogP contribution in [0.4, 0.5) is 4.39 Å². The number of nitrogens with zero attached hydrogens (tertiary/aromatic N) is 1. The highest BCUT2D eigenvalue weighted by Crippen LogP contribution is 2.35. The van der Waals surface area contributed by atoms with Crippen molar-refractivity contribution in [2.75, 3.05) is 19.6 Å². The average molecular weight is 389 g/mol. The molecule has 5 heteroatoms. The Bertz CT molecular complexity index is 672. The maximum absolute atomic E-state index is 13.1. The molecule has 0 spiro atoms. The molecule has 2 fully saturated rings. The average Bonchev–Trinajstić information content (AvgIpc) is 2.68. The normalized spacial score (nSPS) is 25.2. The van der Waals surface area contributed by atoms with Crippen molar-refractivity contribution in [3.05, 3.63) is 35.6 Å². The van der Waals surface area contributed by atoms with Crippen LogP contribution in [-0.4, -0.2) is 42.3 Å². The van der Waals surface area contributed by atoms with Gasteiger partial charge in [-0.15, -0.1) is 0 Å². The Morgan fingerprint density at radius 2 is 1.71 bits per heavy atom. The van der Waals surface area contributed by atoms with Crippen molar-refractivity contribution in [1.29, 1.82) is 0 Å². The molecule has 0 aromatic heterocycles. The minimum Gasteiger partial charge on any atom is -0.354 e. The van der Waals surface area contributed by atoms with Crippen molar-refractivity contribution in [2.24, 2.45) is 11.3 Å². The molecule has 1 aliphatic carbocycles. The number of piperidine rings is 1. The molecule has 4 nitrogen and oxygen atoms in total. The Kier molecular flexibility index (Phi) is 6.86. The lowest BCUT2D eigenvalue weighted by atomic mass is 9.74. The van der Waals surface area contributed by atoms with Crippen LogP contribution in [0.1, 0.15) is 69.2 Å². The van der Waals surface area contributed by atoms with Crippen molar-refractivity contribution < 1.29 is 14.0 Å². The second-order valence-corrected chi connectivity index (χ2v) is 8.95. The molecule has 1 aromatic carbocycles. The van der Waals surface area contributed by atoms with Crippen LogP contribution in [0.5, 0.6) is 0 Å². The van der Waals surface area contributed by atoms with E-state index >= 15 is 0 Å². The number of carbonyl (C=O) groups excluding carboxylic acids is 2. The second-order valence-electron chi connectivity index (χ2n) is 8.95. The first kappa shape index (κ1) is 21.0. The number of Topliss-reactive ketones (excluding diaryl/α,β-unsaturated/α-hetero) is 1. The number of halogens is 1. The van der Waals surface area contributed by atoms with Crippen LogP contribution in [-0.2, 0) is 4.79 Å². The van der Waals surface area contributed by atoms with Gasteiger partial charge in [0.1, 0.15) is 5.82 Å². The zero-order chi connectivity index (χ0) is 20.1. The van der Waals surface area contributed by atoms with Crippen LogP contribution in [0, 0.1) is 17.2 Å². The van der Waals surface area contributed by atoms with E-state index in [4.69, 9.17) is 0 Å². The van der Waals surface area contributed by atoms with Gasteiger partial charge in [0.15, 0.2) is 5.78 Å². The number of rotatable bonds is 6. The van der Waals surface area contributed by atoms with E-state index in [-0.39, 0.29) is 22.9 Å². The number of hydrogen-bond acceptors (Lipinski definition) is 3. The summed E-state index contributed by atoms with van der Waals surface area (Å²) in [4.78, 5) is 26.5. The van der Waals surface area contributed by atoms with Crippen molar-refractivity contribution in [2.45, 2.75) is 64.8 Å². The second kappa shape index (κ2) is 9.17. The van der Waals surface area contributed by atoms with E-state index < -0.39 is 0 Å². The van der Waals surface area contributed by atoms with Gasteiger partial charge in [0.25, 0.3) is 0 Å². The van der Waals surface area contributed by atoms with Crippen LogP contribution >= 0.6 is 0 Å². The molecule has 1 saturated heterocycles. The van der Waals surface area contributed by atoms with E-state index in [1.54, 1.807) is 19.1 Å². The standard InChI is InChI=1S/C23H33FN2O2/c1-17(27)25-21-9-3-18(4-10-21)11-14-26-15-12-23(2,13-16-26)22(28)19-5-7-20(24)8-6-19/h5-8,18,21H,3-4,9-16H2,1-2H3,(H,25,27). The molecule has 2 aliphatic rings. The fraction of sp³-hybridized carbons (Fsp3) is 0.652. The van der Waals surface area contributed by atoms with Crippen LogP contribution < -0.4 is 5.32 Å². The maximum atomic E-state index is 13.1. The summed E-state index contributed by atoms with van der Waals surface area (Å²) in [5.74, 6) is 0.667. The highest BCUT2D eigenvalue weighted by atomic mass is 19.1. The SMILES string of the molecule is CC(=O)NC1CCC(CCN2CCC(C)(C(=O)c3ccc(F)cc3)CC2)CC1. The fourth-order valence-corrected chi connectivity index (χ4v) is 4.70. The lowest BCUT2D eigenvalue weighted by Gasteiger charge is -2.39. The highest BCUT2D eigenvalue weighted by molar-refractivity contribution is 6.00. The quantitative estimate of drug-likeness (QED) is 0.743. The molecule has 1 aliphatic heterocycles. The summed E-state index contributed by atoms with van der Waals surface area (Å²) in [6.07, 6.45) is 7.49. The topological polar surface area (TPSA) is 49.4 Å². The summed E-state index contributed by atoms with van der Waals surface area (Å²) >= 11 is 0. The first-order valence-electron chi connectivity index (χ1n) is 10.7. The van der Waals surface area contributed by atoms with Crippen LogP contribution in [0.25, 0.3) is 0 Å². The molecule has 0 bridgehead atoms. The van der Waals surface area contributed by atoms with Crippen LogP contribution in [0.3, 0.4) is 0 Å². The third-order valence-electron chi connectivity index (χ3n) is 6.72. The number of benzene rings is 1. The van der Waals surface area contributed by atoms with E-state index in [1.165, 1.54) is 31.4 Å². The molecule has 1 heterocycles. The summed E-state index contributed by atoms with van der Waals surface area (Å²) < 4.78 is 13.1. The number of likely N-dealkylation sites (tertiary alicyclic amines) is 1. The highest BCUT2D eigenvalue weighted by Gasteiger charge is 2.37.